The van der Waals surface area contributed by atoms with Crippen molar-refractivity contribution in [3.8, 4) is 0 Å². The molecule has 0 radical (unpaired) electrons. The van der Waals surface area contributed by atoms with E-state index in [1.54, 1.807) is 0 Å². The van der Waals surface area contributed by atoms with Crippen LogP contribution in [-0.4, -0.2) is 24.9 Å². The van der Waals surface area contributed by atoms with Gasteiger partial charge in [0.15, 0.2) is 0 Å². The highest BCUT2D eigenvalue weighted by Crippen LogP contribution is 2.34. The fourth-order valence-corrected chi connectivity index (χ4v) is 2.32. The van der Waals surface area contributed by atoms with E-state index in [4.69, 9.17) is 9.47 Å². The molecule has 13 heavy (non-hydrogen) atoms. The summed E-state index contributed by atoms with van der Waals surface area (Å²) >= 11 is 0. The largest absolute Gasteiger partial charge is 0.378 e. The van der Waals surface area contributed by atoms with Gasteiger partial charge in [0.2, 0.25) is 0 Å². The normalized spacial score (nSPS) is 40.5. The third kappa shape index (κ3) is 2.12. The second-order valence-electron chi connectivity index (χ2n) is 4.14. The highest BCUT2D eigenvalue weighted by atomic mass is 16.5. The van der Waals surface area contributed by atoms with Gasteiger partial charge in [-0.1, -0.05) is 12.2 Å². The molecule has 1 spiro atoms. The first-order chi connectivity index (χ1) is 6.31. The summed E-state index contributed by atoms with van der Waals surface area (Å²) in [4.78, 5) is 0. The molecular formula is C11H18O2. The van der Waals surface area contributed by atoms with Gasteiger partial charge in [-0.3, -0.25) is 0 Å². The molecule has 2 heterocycles. The monoisotopic (exact) mass is 182 g/mol. The molecule has 1 fully saturated rings. The number of ether oxygens (including phenoxy) is 2. The van der Waals surface area contributed by atoms with Gasteiger partial charge in [-0.05, 0) is 26.2 Å². The summed E-state index contributed by atoms with van der Waals surface area (Å²) in [7, 11) is 0. The summed E-state index contributed by atoms with van der Waals surface area (Å²) in [5.74, 6) is 0. The first-order valence-corrected chi connectivity index (χ1v) is 5.21. The molecule has 1 saturated heterocycles. The van der Waals surface area contributed by atoms with E-state index in [0.717, 1.165) is 38.9 Å². The van der Waals surface area contributed by atoms with E-state index in [0.29, 0.717) is 6.10 Å². The zero-order valence-corrected chi connectivity index (χ0v) is 8.29. The summed E-state index contributed by atoms with van der Waals surface area (Å²) in [6.07, 6.45) is 9.19. The van der Waals surface area contributed by atoms with Crippen LogP contribution >= 0.6 is 0 Å². The molecule has 2 heteroatoms. The topological polar surface area (TPSA) is 18.5 Å². The zero-order valence-electron chi connectivity index (χ0n) is 8.29. The Hall–Kier alpha value is -0.340. The number of allylic oxidation sites excluding steroid dienone is 1. The summed E-state index contributed by atoms with van der Waals surface area (Å²) in [5, 5.41) is 0. The van der Waals surface area contributed by atoms with Crippen molar-refractivity contribution >= 4 is 0 Å². The lowest BCUT2D eigenvalue weighted by Crippen LogP contribution is -2.41. The molecule has 2 nitrogen and oxygen atoms in total. The highest BCUT2D eigenvalue weighted by Gasteiger charge is 2.36. The van der Waals surface area contributed by atoms with Crippen LogP contribution in [-0.2, 0) is 9.47 Å². The van der Waals surface area contributed by atoms with Gasteiger partial charge in [0, 0.05) is 13.0 Å². The molecular weight excluding hydrogens is 164 g/mol. The van der Waals surface area contributed by atoms with Crippen molar-refractivity contribution in [1.82, 2.24) is 0 Å². The molecule has 2 atom stereocenters. The van der Waals surface area contributed by atoms with Crippen molar-refractivity contribution in [3.63, 3.8) is 0 Å². The molecule has 0 saturated carbocycles. The average molecular weight is 182 g/mol. The van der Waals surface area contributed by atoms with Gasteiger partial charge in [-0.25, -0.2) is 0 Å². The van der Waals surface area contributed by atoms with Gasteiger partial charge >= 0.3 is 0 Å². The second kappa shape index (κ2) is 3.81. The molecule has 74 valence electrons. The Kier molecular flexibility index (Phi) is 2.70. The van der Waals surface area contributed by atoms with Crippen LogP contribution in [0.5, 0.6) is 0 Å². The van der Waals surface area contributed by atoms with Gasteiger partial charge in [-0.2, -0.15) is 0 Å². The first kappa shape index (κ1) is 9.22. The summed E-state index contributed by atoms with van der Waals surface area (Å²) in [5.41, 5.74) is 0.126. The molecule has 0 aromatic heterocycles. The van der Waals surface area contributed by atoms with Crippen molar-refractivity contribution in [1.29, 1.82) is 0 Å². The molecule has 0 aromatic carbocycles. The summed E-state index contributed by atoms with van der Waals surface area (Å²) < 4.78 is 11.5. The first-order valence-electron chi connectivity index (χ1n) is 5.21. The Labute approximate surface area is 79.9 Å². The maximum absolute atomic E-state index is 5.94. The van der Waals surface area contributed by atoms with Crippen LogP contribution in [0.25, 0.3) is 0 Å². The third-order valence-corrected chi connectivity index (χ3v) is 3.04. The number of hydrogen-bond donors (Lipinski definition) is 0. The molecule has 0 aliphatic carbocycles. The second-order valence-corrected chi connectivity index (χ2v) is 4.14. The van der Waals surface area contributed by atoms with Crippen molar-refractivity contribution in [2.45, 2.75) is 44.3 Å². The lowest BCUT2D eigenvalue weighted by atomic mass is 9.86. The molecule has 0 aromatic rings. The predicted octanol–water partition coefficient (Wildman–Crippen LogP) is 2.29. The fraction of sp³-hybridized carbons (Fsp3) is 0.818. The SMILES string of the molecule is C[C@@H]1C[C@@]2(CCC=CCO2)CCO1. The van der Waals surface area contributed by atoms with Gasteiger partial charge < -0.3 is 9.47 Å². The van der Waals surface area contributed by atoms with E-state index >= 15 is 0 Å². The van der Waals surface area contributed by atoms with E-state index in [9.17, 15) is 0 Å². The quantitative estimate of drug-likeness (QED) is 0.535. The van der Waals surface area contributed by atoms with Crippen LogP contribution in [0.15, 0.2) is 12.2 Å². The van der Waals surface area contributed by atoms with Crippen molar-refractivity contribution in [2.75, 3.05) is 13.2 Å². The Morgan fingerprint density at radius 3 is 3.08 bits per heavy atom. The average Bonchev–Trinajstić information content (AvgIpc) is 2.31. The number of rotatable bonds is 0. The van der Waals surface area contributed by atoms with Crippen LogP contribution < -0.4 is 0 Å². The minimum atomic E-state index is 0.126. The van der Waals surface area contributed by atoms with E-state index in [1.165, 1.54) is 0 Å². The van der Waals surface area contributed by atoms with Crippen LogP contribution in [0.3, 0.4) is 0 Å². The summed E-state index contributed by atoms with van der Waals surface area (Å²) in [6, 6.07) is 0. The Morgan fingerprint density at radius 1 is 1.31 bits per heavy atom. The molecule has 2 aliphatic rings. The fourth-order valence-electron chi connectivity index (χ4n) is 2.32. The maximum atomic E-state index is 5.94. The Balaban J connectivity index is 2.01. The minimum Gasteiger partial charge on any atom is -0.378 e. The molecule has 0 N–H and O–H groups in total. The standard InChI is InChI=1S/C11H18O2/c1-10-9-11(6-8-12-10)5-3-2-4-7-13-11/h2,4,10H,3,5-9H2,1H3/t10-,11-/m1/s1. The van der Waals surface area contributed by atoms with E-state index in [-0.39, 0.29) is 5.60 Å². The van der Waals surface area contributed by atoms with Gasteiger partial charge in [0.05, 0.1) is 18.3 Å². The van der Waals surface area contributed by atoms with Crippen molar-refractivity contribution in [2.24, 2.45) is 0 Å². The molecule has 0 amide bonds. The number of hydrogen-bond acceptors (Lipinski definition) is 2. The molecule has 0 bridgehead atoms. The maximum Gasteiger partial charge on any atom is 0.0736 e. The van der Waals surface area contributed by atoms with Crippen LogP contribution in [0, 0.1) is 0 Å². The van der Waals surface area contributed by atoms with E-state index < -0.39 is 0 Å². The van der Waals surface area contributed by atoms with Gasteiger partial charge in [-0.15, -0.1) is 0 Å². The van der Waals surface area contributed by atoms with Gasteiger partial charge in [0.25, 0.3) is 0 Å². The van der Waals surface area contributed by atoms with Crippen LogP contribution in [0.4, 0.5) is 0 Å². The molecule has 2 aliphatic heterocycles. The van der Waals surface area contributed by atoms with E-state index in [1.807, 2.05) is 0 Å². The van der Waals surface area contributed by atoms with Gasteiger partial charge in [0.1, 0.15) is 0 Å². The van der Waals surface area contributed by atoms with Crippen molar-refractivity contribution < 1.29 is 9.47 Å². The Morgan fingerprint density at radius 2 is 2.23 bits per heavy atom. The smallest absolute Gasteiger partial charge is 0.0736 e. The van der Waals surface area contributed by atoms with E-state index in [2.05, 4.69) is 19.1 Å². The van der Waals surface area contributed by atoms with Crippen LogP contribution in [0.2, 0.25) is 0 Å². The highest BCUT2D eigenvalue weighted by molar-refractivity contribution is 4.95. The predicted molar refractivity (Wildman–Crippen MR) is 51.7 cm³/mol. The molecule has 2 rings (SSSR count). The minimum absolute atomic E-state index is 0.126. The van der Waals surface area contributed by atoms with Crippen molar-refractivity contribution in [3.05, 3.63) is 12.2 Å². The zero-order chi connectivity index (χ0) is 9.15. The summed E-state index contributed by atoms with van der Waals surface area (Å²) in [6.45, 7) is 3.79. The molecule has 0 unspecified atom stereocenters. The lowest BCUT2D eigenvalue weighted by Gasteiger charge is -2.39. The Bertz CT molecular complexity index is 188. The van der Waals surface area contributed by atoms with Crippen LogP contribution in [0.1, 0.15) is 32.6 Å². The lowest BCUT2D eigenvalue weighted by molar-refractivity contribution is -0.128. The third-order valence-electron chi connectivity index (χ3n) is 3.04.